The molecule has 8 atom stereocenters. The fourth-order valence-electron chi connectivity index (χ4n) is 10.6. The first-order valence-electron chi connectivity index (χ1n) is 15.8. The lowest BCUT2D eigenvalue weighted by Gasteiger charge is -2.55. The van der Waals surface area contributed by atoms with Crippen LogP contribution in [0.1, 0.15) is 83.6 Å². The van der Waals surface area contributed by atoms with Crippen molar-refractivity contribution >= 4 is 10.8 Å². The van der Waals surface area contributed by atoms with E-state index in [2.05, 4.69) is 53.2 Å². The predicted molar refractivity (Wildman–Crippen MR) is 155 cm³/mol. The van der Waals surface area contributed by atoms with Crippen LogP contribution in [0.3, 0.4) is 0 Å². The van der Waals surface area contributed by atoms with Crippen molar-refractivity contribution in [3.8, 4) is 0 Å². The number of allylic oxidation sites excluding steroid dienone is 1. The lowest BCUT2D eigenvalue weighted by atomic mass is 9.58. The van der Waals surface area contributed by atoms with Crippen molar-refractivity contribution in [2.45, 2.75) is 113 Å². The Labute approximate surface area is 238 Å². The highest BCUT2D eigenvalue weighted by atomic mass is 16.8. The Balaban J connectivity index is 1.01. The van der Waals surface area contributed by atoms with Crippen LogP contribution in [0, 0.1) is 11.3 Å². The van der Waals surface area contributed by atoms with Crippen molar-refractivity contribution in [2.75, 3.05) is 13.1 Å². The Morgan fingerprint density at radius 1 is 0.950 bits per heavy atom. The number of likely N-dealkylation sites (tertiary alicyclic amines) is 1. The highest BCUT2D eigenvalue weighted by molar-refractivity contribution is 5.82. The van der Waals surface area contributed by atoms with E-state index in [0.29, 0.717) is 17.9 Å². The number of hydrogen-bond acceptors (Lipinski definition) is 5. The monoisotopic (exact) mass is 538 g/mol. The van der Waals surface area contributed by atoms with Gasteiger partial charge in [-0.1, -0.05) is 31.2 Å². The summed E-state index contributed by atoms with van der Waals surface area (Å²) in [7, 11) is 0. The first kappa shape index (κ1) is 24.5. The zero-order valence-corrected chi connectivity index (χ0v) is 24.2. The Kier molecular flexibility index (Phi) is 4.95. The first-order chi connectivity index (χ1) is 19.3. The summed E-state index contributed by atoms with van der Waals surface area (Å²) in [6.07, 6.45) is 19.1. The van der Waals surface area contributed by atoms with Gasteiger partial charge in [-0.25, -0.2) is 0 Å². The summed E-state index contributed by atoms with van der Waals surface area (Å²) in [6.45, 7) is 8.66. The molecule has 2 aromatic rings. The minimum absolute atomic E-state index is 0.0795. The Bertz CT molecular complexity index is 1450. The second-order valence-electron chi connectivity index (χ2n) is 14.8. The van der Waals surface area contributed by atoms with E-state index in [4.69, 9.17) is 14.2 Å². The SMILES string of the molecule is CC1(C)O[C@H]2CN([C@@H]3CCC4=CC5=CC[C@]6(C)[C@@H](c7ccc8ccncc8c7)CC[C@H]6[C@@]56CC[C@]4(C3)O6)C[C@H]2O1. The van der Waals surface area contributed by atoms with Gasteiger partial charge in [0.05, 0.1) is 11.2 Å². The van der Waals surface area contributed by atoms with Crippen molar-refractivity contribution in [2.24, 2.45) is 11.3 Å². The third kappa shape index (κ3) is 3.27. The highest BCUT2D eigenvalue weighted by Crippen LogP contribution is 2.69. The molecule has 0 amide bonds. The normalized spacial score (nSPS) is 45.0. The van der Waals surface area contributed by atoms with Gasteiger partial charge in [-0.15, -0.1) is 0 Å². The molecule has 5 heteroatoms. The second kappa shape index (κ2) is 8.06. The molecule has 3 aliphatic carbocycles. The number of aromatic nitrogens is 1. The molecule has 2 bridgehead atoms. The van der Waals surface area contributed by atoms with Gasteiger partial charge in [-0.2, -0.15) is 0 Å². The maximum atomic E-state index is 7.60. The average Bonchev–Trinajstić information content (AvgIpc) is 3.65. The topological polar surface area (TPSA) is 43.8 Å². The van der Waals surface area contributed by atoms with E-state index >= 15 is 0 Å². The lowest BCUT2D eigenvalue weighted by molar-refractivity contribution is -0.162. The number of nitrogens with zero attached hydrogens (tertiary/aromatic N) is 2. The van der Waals surface area contributed by atoms with E-state index in [1.165, 1.54) is 54.0 Å². The summed E-state index contributed by atoms with van der Waals surface area (Å²) >= 11 is 0. The molecule has 0 N–H and O–H groups in total. The maximum absolute atomic E-state index is 7.60. The molecule has 5 nitrogen and oxygen atoms in total. The van der Waals surface area contributed by atoms with Gasteiger partial charge < -0.3 is 14.2 Å². The molecule has 40 heavy (non-hydrogen) atoms. The Hall–Kier alpha value is -2.05. The summed E-state index contributed by atoms with van der Waals surface area (Å²) < 4.78 is 20.1. The molecule has 0 radical (unpaired) electrons. The number of hydrogen-bond donors (Lipinski definition) is 0. The minimum Gasteiger partial charge on any atom is -0.359 e. The molecule has 9 rings (SSSR count). The van der Waals surface area contributed by atoms with Crippen molar-refractivity contribution in [1.29, 1.82) is 0 Å². The van der Waals surface area contributed by atoms with E-state index < -0.39 is 5.79 Å². The average molecular weight is 539 g/mol. The van der Waals surface area contributed by atoms with Gasteiger partial charge >= 0.3 is 0 Å². The predicted octanol–water partition coefficient (Wildman–Crippen LogP) is 6.68. The Morgan fingerprint density at radius 2 is 1.80 bits per heavy atom. The van der Waals surface area contributed by atoms with E-state index in [-0.39, 0.29) is 28.8 Å². The fourth-order valence-corrected chi connectivity index (χ4v) is 10.6. The van der Waals surface area contributed by atoms with Gasteiger partial charge in [0.1, 0.15) is 12.2 Å². The quantitative estimate of drug-likeness (QED) is 0.427. The molecule has 2 saturated carbocycles. The maximum Gasteiger partial charge on any atom is 0.163 e. The minimum atomic E-state index is -0.438. The number of ether oxygens (including phenoxy) is 3. The van der Waals surface area contributed by atoms with Gasteiger partial charge in [-0.05, 0) is 117 Å². The summed E-state index contributed by atoms with van der Waals surface area (Å²) in [5, 5.41) is 2.54. The lowest BCUT2D eigenvalue weighted by Crippen LogP contribution is -2.55. The van der Waals surface area contributed by atoms with Gasteiger partial charge in [0.25, 0.3) is 0 Å². The molecule has 7 aliphatic rings. The molecule has 5 heterocycles. The van der Waals surface area contributed by atoms with Crippen LogP contribution in [0.15, 0.2) is 60.0 Å². The van der Waals surface area contributed by atoms with Crippen LogP contribution in [-0.2, 0) is 14.2 Å². The molecule has 3 saturated heterocycles. The smallest absolute Gasteiger partial charge is 0.163 e. The van der Waals surface area contributed by atoms with Crippen molar-refractivity contribution < 1.29 is 14.2 Å². The molecule has 0 unspecified atom stereocenters. The molecular formula is C35H42N2O3. The van der Waals surface area contributed by atoms with Crippen LogP contribution >= 0.6 is 0 Å². The van der Waals surface area contributed by atoms with Gasteiger partial charge in [0.15, 0.2) is 5.79 Å². The Morgan fingerprint density at radius 3 is 2.65 bits per heavy atom. The van der Waals surface area contributed by atoms with Crippen LogP contribution in [0.4, 0.5) is 0 Å². The molecule has 1 aromatic heterocycles. The highest BCUT2D eigenvalue weighted by Gasteiger charge is 2.67. The molecule has 2 spiro atoms. The van der Waals surface area contributed by atoms with E-state index in [1.807, 2.05) is 26.2 Å². The van der Waals surface area contributed by atoms with E-state index in [9.17, 15) is 0 Å². The third-order valence-electron chi connectivity index (χ3n) is 12.4. The summed E-state index contributed by atoms with van der Waals surface area (Å²) in [6, 6.07) is 9.78. The fraction of sp³-hybridized carbons (Fsp3) is 0.629. The molecule has 1 aromatic carbocycles. The molecular weight excluding hydrogens is 496 g/mol. The number of benzene rings is 1. The molecule has 210 valence electrons. The molecule has 5 fully saturated rings. The van der Waals surface area contributed by atoms with Crippen LogP contribution in [0.25, 0.3) is 10.8 Å². The standard InChI is InChI=1S/C35H42N2O3/c1-32(2)38-29-20-37(21-30(29)39-32)27-7-6-25-17-26-10-12-33(3)28(23-5-4-22-11-15-36-19-24(22)16-23)8-9-31(33)35(26)14-13-34(25,18-27)40-35/h4-5,10-11,15-17,19,27-31H,6-9,12-14,18,20-21H2,1-3H3/t27-,28-,29-,30+,31-,33-,34-,35-/m1/s1. The zero-order chi connectivity index (χ0) is 26.9. The van der Waals surface area contributed by atoms with Crippen LogP contribution < -0.4 is 0 Å². The summed E-state index contributed by atoms with van der Waals surface area (Å²) in [4.78, 5) is 7.07. The van der Waals surface area contributed by atoms with E-state index in [0.717, 1.165) is 32.4 Å². The van der Waals surface area contributed by atoms with Crippen molar-refractivity contribution in [3.05, 3.63) is 65.5 Å². The number of rotatable bonds is 2. The first-order valence-corrected chi connectivity index (χ1v) is 15.8. The zero-order valence-electron chi connectivity index (χ0n) is 24.2. The van der Waals surface area contributed by atoms with Crippen LogP contribution in [0.2, 0.25) is 0 Å². The van der Waals surface area contributed by atoms with Gasteiger partial charge in [0.2, 0.25) is 0 Å². The number of pyridine rings is 1. The third-order valence-corrected chi connectivity index (χ3v) is 12.4. The van der Waals surface area contributed by atoms with Gasteiger partial charge in [-0.3, -0.25) is 9.88 Å². The van der Waals surface area contributed by atoms with Crippen LogP contribution in [0.5, 0.6) is 0 Å². The van der Waals surface area contributed by atoms with Gasteiger partial charge in [0, 0.05) is 36.9 Å². The van der Waals surface area contributed by atoms with Crippen molar-refractivity contribution in [3.63, 3.8) is 0 Å². The second-order valence-corrected chi connectivity index (χ2v) is 14.8. The largest absolute Gasteiger partial charge is 0.359 e. The number of fused-ring (bicyclic) bond motifs is 3. The van der Waals surface area contributed by atoms with E-state index in [1.54, 1.807) is 5.57 Å². The summed E-state index contributed by atoms with van der Waals surface area (Å²) in [5.74, 6) is 0.695. The van der Waals surface area contributed by atoms with Crippen molar-refractivity contribution in [1.82, 2.24) is 9.88 Å². The molecule has 4 aliphatic heterocycles. The summed E-state index contributed by atoms with van der Waals surface area (Å²) in [5.41, 5.74) is 4.62. The van der Waals surface area contributed by atoms with Crippen LogP contribution in [-0.4, -0.2) is 58.2 Å².